The molecule has 8 heteroatoms. The number of hydrogen-bond acceptors (Lipinski definition) is 4. The molecule has 1 aromatic heterocycles. The van der Waals surface area contributed by atoms with E-state index in [9.17, 15) is 8.42 Å². The van der Waals surface area contributed by atoms with Gasteiger partial charge in [0.1, 0.15) is 0 Å². The van der Waals surface area contributed by atoms with Gasteiger partial charge in [-0.05, 0) is 39.9 Å². The van der Waals surface area contributed by atoms with E-state index in [4.69, 9.17) is 0 Å². The van der Waals surface area contributed by atoms with Crippen molar-refractivity contribution in [2.75, 3.05) is 0 Å². The largest absolute Gasteiger partial charge is 0.260 e. The number of aryl methyl sites for hydroxylation is 1. The predicted octanol–water partition coefficient (Wildman–Crippen LogP) is 1.02. The summed E-state index contributed by atoms with van der Waals surface area (Å²) in [5, 5.41) is 7.45. The summed E-state index contributed by atoms with van der Waals surface area (Å²) in [6.07, 6.45) is 1.41. The molecule has 1 aliphatic carbocycles. The second-order valence-electron chi connectivity index (χ2n) is 4.80. The summed E-state index contributed by atoms with van der Waals surface area (Å²) < 4.78 is 29.0. The van der Waals surface area contributed by atoms with Crippen LogP contribution in [0.4, 0.5) is 0 Å². The van der Waals surface area contributed by atoms with Crippen LogP contribution in [0.2, 0.25) is 0 Å². The van der Waals surface area contributed by atoms with E-state index in [1.54, 1.807) is 7.05 Å². The Kier molecular flexibility index (Phi) is 3.39. The summed E-state index contributed by atoms with van der Waals surface area (Å²) in [4.78, 5) is 0. The van der Waals surface area contributed by atoms with Crippen LogP contribution >= 0.6 is 15.9 Å². The third-order valence-electron chi connectivity index (χ3n) is 3.36. The minimum absolute atomic E-state index is 0.0495. The van der Waals surface area contributed by atoms with Crippen molar-refractivity contribution in [3.8, 4) is 0 Å². The highest BCUT2D eigenvalue weighted by molar-refractivity contribution is 9.10. The van der Waals surface area contributed by atoms with Gasteiger partial charge >= 0.3 is 0 Å². The Hall–Kier alpha value is -1.25. The lowest BCUT2D eigenvalue weighted by atomic mass is 10.1. The van der Waals surface area contributed by atoms with Crippen LogP contribution < -0.4 is 4.72 Å². The molecule has 0 saturated heterocycles. The Balaban J connectivity index is 1.83. The molecule has 0 aliphatic heterocycles. The van der Waals surface area contributed by atoms with Crippen molar-refractivity contribution < 1.29 is 8.42 Å². The fourth-order valence-electron chi connectivity index (χ4n) is 2.53. The number of aromatic nitrogens is 3. The van der Waals surface area contributed by atoms with Crippen molar-refractivity contribution in [2.24, 2.45) is 7.05 Å². The Bertz CT molecular complexity index is 712. The van der Waals surface area contributed by atoms with Crippen molar-refractivity contribution in [3.63, 3.8) is 0 Å². The lowest BCUT2D eigenvalue weighted by Crippen LogP contribution is -2.36. The standard InChI is InChI=1S/C12H13BrN4O2S/c1-17-12(11(13)14-16-17)20(18,19)15-10-6-8-4-2-3-5-9(8)7-10/h2-5,10,15H,6-7H2,1H3. The first-order valence-electron chi connectivity index (χ1n) is 6.11. The molecule has 2 aromatic rings. The molecule has 20 heavy (non-hydrogen) atoms. The summed E-state index contributed by atoms with van der Waals surface area (Å²) >= 11 is 3.12. The topological polar surface area (TPSA) is 76.9 Å². The van der Waals surface area contributed by atoms with E-state index in [-0.39, 0.29) is 15.7 Å². The number of fused-ring (bicyclic) bond motifs is 1. The highest BCUT2D eigenvalue weighted by atomic mass is 79.9. The fourth-order valence-corrected chi connectivity index (χ4v) is 4.86. The third-order valence-corrected chi connectivity index (χ3v) is 5.77. The van der Waals surface area contributed by atoms with E-state index in [0.717, 1.165) is 0 Å². The zero-order chi connectivity index (χ0) is 14.3. The van der Waals surface area contributed by atoms with E-state index in [1.807, 2.05) is 24.3 Å². The number of benzene rings is 1. The predicted molar refractivity (Wildman–Crippen MR) is 76.7 cm³/mol. The molecule has 1 heterocycles. The van der Waals surface area contributed by atoms with Gasteiger partial charge in [0.05, 0.1) is 0 Å². The Morgan fingerprint density at radius 3 is 2.40 bits per heavy atom. The maximum absolute atomic E-state index is 12.4. The molecule has 3 rings (SSSR count). The molecule has 0 unspecified atom stereocenters. The quantitative estimate of drug-likeness (QED) is 0.890. The molecule has 0 atom stereocenters. The molecule has 0 bridgehead atoms. The average Bonchev–Trinajstić information content (AvgIpc) is 2.91. The van der Waals surface area contributed by atoms with Crippen LogP contribution in [0.25, 0.3) is 0 Å². The molecule has 0 fully saturated rings. The maximum atomic E-state index is 12.4. The minimum atomic E-state index is -3.64. The summed E-state index contributed by atoms with van der Waals surface area (Å²) in [6, 6.07) is 7.88. The number of rotatable bonds is 3. The second kappa shape index (κ2) is 4.94. The summed E-state index contributed by atoms with van der Waals surface area (Å²) in [7, 11) is -2.09. The first-order chi connectivity index (χ1) is 9.47. The molecular weight excluding hydrogens is 344 g/mol. The van der Waals surface area contributed by atoms with Gasteiger partial charge in [-0.25, -0.2) is 17.8 Å². The van der Waals surface area contributed by atoms with Gasteiger partial charge in [0.15, 0.2) is 4.60 Å². The van der Waals surface area contributed by atoms with E-state index in [1.165, 1.54) is 15.8 Å². The molecule has 1 N–H and O–H groups in total. The molecule has 0 saturated carbocycles. The van der Waals surface area contributed by atoms with Gasteiger partial charge in [-0.1, -0.05) is 29.5 Å². The zero-order valence-corrected chi connectivity index (χ0v) is 13.1. The van der Waals surface area contributed by atoms with Crippen molar-refractivity contribution in [3.05, 3.63) is 40.0 Å². The van der Waals surface area contributed by atoms with Crippen molar-refractivity contribution >= 4 is 26.0 Å². The molecule has 1 aliphatic rings. The van der Waals surface area contributed by atoms with Crippen LogP contribution in [0.3, 0.4) is 0 Å². The molecule has 0 radical (unpaired) electrons. The van der Waals surface area contributed by atoms with Gasteiger partial charge in [-0.15, -0.1) is 5.10 Å². The van der Waals surface area contributed by atoms with Gasteiger partial charge < -0.3 is 0 Å². The molecule has 6 nitrogen and oxygen atoms in total. The Labute approximate surface area is 125 Å². The Morgan fingerprint density at radius 2 is 1.90 bits per heavy atom. The molecule has 1 aromatic carbocycles. The molecule has 0 spiro atoms. The van der Waals surface area contributed by atoms with E-state index >= 15 is 0 Å². The lowest BCUT2D eigenvalue weighted by molar-refractivity contribution is 0.539. The molecular formula is C12H13BrN4O2S. The van der Waals surface area contributed by atoms with Crippen LogP contribution in [-0.2, 0) is 29.9 Å². The van der Waals surface area contributed by atoms with Crippen LogP contribution in [0, 0.1) is 0 Å². The first-order valence-corrected chi connectivity index (χ1v) is 8.39. The van der Waals surface area contributed by atoms with E-state index in [2.05, 4.69) is 31.0 Å². The molecule has 106 valence electrons. The van der Waals surface area contributed by atoms with E-state index in [0.29, 0.717) is 12.8 Å². The summed E-state index contributed by atoms with van der Waals surface area (Å²) in [6.45, 7) is 0. The zero-order valence-electron chi connectivity index (χ0n) is 10.7. The number of hydrogen-bond donors (Lipinski definition) is 1. The van der Waals surface area contributed by atoms with Gasteiger partial charge in [0.25, 0.3) is 10.0 Å². The normalized spacial score (nSPS) is 15.5. The smallest absolute Gasteiger partial charge is 0.235 e. The number of nitrogens with one attached hydrogen (secondary N) is 1. The van der Waals surface area contributed by atoms with Gasteiger partial charge in [-0.3, -0.25) is 0 Å². The third kappa shape index (κ3) is 2.38. The summed E-state index contributed by atoms with van der Waals surface area (Å²) in [5.41, 5.74) is 2.39. The van der Waals surface area contributed by atoms with Gasteiger partial charge in [0, 0.05) is 13.1 Å². The van der Waals surface area contributed by atoms with Gasteiger partial charge in [-0.2, -0.15) is 0 Å². The highest BCUT2D eigenvalue weighted by Gasteiger charge is 2.30. The van der Waals surface area contributed by atoms with Crippen LogP contribution in [-0.4, -0.2) is 29.5 Å². The van der Waals surface area contributed by atoms with Crippen molar-refractivity contribution in [1.82, 2.24) is 19.7 Å². The number of halogens is 1. The molecule has 0 amide bonds. The Morgan fingerprint density at radius 1 is 1.30 bits per heavy atom. The average molecular weight is 357 g/mol. The second-order valence-corrected chi connectivity index (χ2v) is 7.18. The monoisotopic (exact) mass is 356 g/mol. The van der Waals surface area contributed by atoms with Crippen LogP contribution in [0.1, 0.15) is 11.1 Å². The van der Waals surface area contributed by atoms with Crippen LogP contribution in [0.5, 0.6) is 0 Å². The SMILES string of the molecule is Cn1nnc(Br)c1S(=O)(=O)NC1Cc2ccccc2C1. The van der Waals surface area contributed by atoms with Crippen LogP contribution in [0.15, 0.2) is 33.9 Å². The fraction of sp³-hybridized carbons (Fsp3) is 0.333. The lowest BCUT2D eigenvalue weighted by Gasteiger charge is -2.12. The summed E-state index contributed by atoms with van der Waals surface area (Å²) in [5.74, 6) is 0. The minimum Gasteiger partial charge on any atom is -0.235 e. The van der Waals surface area contributed by atoms with Crippen molar-refractivity contribution in [2.45, 2.75) is 23.9 Å². The first kappa shape index (κ1) is 13.7. The number of nitrogens with zero attached hydrogens (tertiary/aromatic N) is 3. The maximum Gasteiger partial charge on any atom is 0.260 e. The highest BCUT2D eigenvalue weighted by Crippen LogP contribution is 2.24. The van der Waals surface area contributed by atoms with Gasteiger partial charge in [0.2, 0.25) is 5.03 Å². The van der Waals surface area contributed by atoms with Crippen molar-refractivity contribution in [1.29, 1.82) is 0 Å². The number of sulfonamides is 1. The van der Waals surface area contributed by atoms with E-state index < -0.39 is 10.0 Å².